The van der Waals surface area contributed by atoms with Crippen LogP contribution in [-0.4, -0.2) is 29.1 Å². The second kappa shape index (κ2) is 11.9. The van der Waals surface area contributed by atoms with Gasteiger partial charge < -0.3 is 22.4 Å². The number of hydrogen-bond donors (Lipinski definition) is 2. The molecular formula is C16H31CsO4. The van der Waals surface area contributed by atoms with E-state index in [9.17, 15) is 4.79 Å². The smallest absolute Gasteiger partial charge is 0.469 e. The first-order valence-electron chi connectivity index (χ1n) is 7.32. The Bertz CT molecular complexity index is 270. The van der Waals surface area contributed by atoms with Crippen LogP contribution >= 0.6 is 0 Å². The molecule has 2 rings (SSSR count). The molecule has 5 heteroatoms. The first-order valence-corrected chi connectivity index (χ1v) is 7.32. The van der Waals surface area contributed by atoms with Gasteiger partial charge in [0, 0.05) is 0 Å². The molecule has 2 saturated carbocycles. The maximum absolute atomic E-state index is 11.2. The summed E-state index contributed by atoms with van der Waals surface area (Å²) in [4.78, 5) is 11.2. The van der Waals surface area contributed by atoms with Crippen LogP contribution < -0.4 is 68.9 Å². The van der Waals surface area contributed by atoms with E-state index in [1.165, 1.54) is 53.1 Å². The van der Waals surface area contributed by atoms with Crippen molar-refractivity contribution in [3.8, 4) is 0 Å². The number of ether oxygens (including phenoxy) is 1. The third kappa shape index (κ3) is 11.6. The molecule has 0 aromatic carbocycles. The van der Waals surface area contributed by atoms with Crippen LogP contribution in [0.3, 0.4) is 0 Å². The Morgan fingerprint density at radius 2 is 1.57 bits per heavy atom. The molecule has 21 heavy (non-hydrogen) atoms. The Morgan fingerprint density at radius 1 is 1.14 bits per heavy atom. The summed E-state index contributed by atoms with van der Waals surface area (Å²) >= 11 is 0. The van der Waals surface area contributed by atoms with Gasteiger partial charge in [-0.25, -0.2) is 0 Å². The number of esters is 1. The molecule has 0 radical (unpaired) electrons. The maximum Gasteiger partial charge on any atom is 1.00 e. The van der Waals surface area contributed by atoms with Crippen molar-refractivity contribution in [2.24, 2.45) is 17.8 Å². The van der Waals surface area contributed by atoms with Gasteiger partial charge in [0.15, 0.2) is 5.79 Å². The summed E-state index contributed by atoms with van der Waals surface area (Å²) in [7, 11) is 1.49. The molecule has 0 amide bonds. The van der Waals surface area contributed by atoms with E-state index in [0.717, 1.165) is 24.7 Å². The number of methoxy groups -OCH3 is 1. The van der Waals surface area contributed by atoms with Crippen molar-refractivity contribution in [3.63, 3.8) is 0 Å². The second-order valence-electron chi connectivity index (χ2n) is 6.44. The zero-order valence-corrected chi connectivity index (χ0v) is 20.7. The van der Waals surface area contributed by atoms with Crippen molar-refractivity contribution in [2.45, 2.75) is 64.6 Å². The number of carbonyl (C=O) groups excluding carboxylic acids is 1. The van der Waals surface area contributed by atoms with Crippen molar-refractivity contribution in [1.29, 1.82) is 0 Å². The molecule has 0 aliphatic heterocycles. The number of rotatable bonds is 3. The Kier molecular flexibility index (Phi) is 14.0. The zero-order valence-electron chi connectivity index (χ0n) is 14.4. The second-order valence-corrected chi connectivity index (χ2v) is 6.44. The first-order chi connectivity index (χ1) is 8.79. The topological polar surface area (TPSA) is 66.8 Å². The van der Waals surface area contributed by atoms with Crippen LogP contribution in [0, 0.1) is 25.2 Å². The molecule has 2 aliphatic rings. The quantitative estimate of drug-likeness (QED) is 0.381. The molecule has 2 aliphatic carbocycles. The van der Waals surface area contributed by atoms with Gasteiger partial charge in [-0.2, -0.15) is 0 Å². The summed E-state index contributed by atoms with van der Waals surface area (Å²) in [6.07, 6.45) is 9.26. The van der Waals surface area contributed by atoms with Crippen LogP contribution in [-0.2, 0) is 9.53 Å². The van der Waals surface area contributed by atoms with E-state index in [1.807, 2.05) is 0 Å². The first kappa shape index (κ1) is 24.7. The monoisotopic (exact) mass is 420 g/mol. The minimum atomic E-state index is -1.50. The molecule has 120 valence electrons. The standard InChI is InChI=1S/C12H20O2.C3H8O2.CH3.Cs/c1-14-12(13)11-7-10(8-11)6-9-4-2-3-5-9;1-3(2,4)5;;/h9-11H,2-8H2,1H3;4-5H,1-2H3;1H3;/q;;-1;+1. The van der Waals surface area contributed by atoms with Gasteiger partial charge >= 0.3 is 74.9 Å². The predicted octanol–water partition coefficient (Wildman–Crippen LogP) is -0.0727. The fourth-order valence-corrected chi connectivity index (χ4v) is 3.00. The fraction of sp³-hybridized carbons (Fsp3) is 0.875. The van der Waals surface area contributed by atoms with Gasteiger partial charge in [0.2, 0.25) is 0 Å². The van der Waals surface area contributed by atoms with Crippen molar-refractivity contribution in [2.75, 3.05) is 7.11 Å². The van der Waals surface area contributed by atoms with Crippen molar-refractivity contribution in [1.82, 2.24) is 0 Å². The largest absolute Gasteiger partial charge is 1.00 e. The predicted molar refractivity (Wildman–Crippen MR) is 79.7 cm³/mol. The molecule has 0 heterocycles. The van der Waals surface area contributed by atoms with Gasteiger partial charge in [0.1, 0.15) is 0 Å². The minimum absolute atomic E-state index is 0. The molecule has 0 aromatic rings. The van der Waals surface area contributed by atoms with Crippen LogP contribution in [0.4, 0.5) is 0 Å². The summed E-state index contributed by atoms with van der Waals surface area (Å²) < 4.78 is 4.73. The SMILES string of the molecule is CC(C)(O)O.COC(=O)C1CC(CC2CCCC2)C1.[CH3-].[Cs+]. The molecule has 0 aromatic heterocycles. The fourth-order valence-electron chi connectivity index (χ4n) is 3.00. The van der Waals surface area contributed by atoms with Crippen LogP contribution in [0.2, 0.25) is 0 Å². The van der Waals surface area contributed by atoms with Gasteiger partial charge in [-0.05, 0) is 44.9 Å². The van der Waals surface area contributed by atoms with E-state index in [0.29, 0.717) is 0 Å². The van der Waals surface area contributed by atoms with Gasteiger partial charge in [-0.3, -0.25) is 4.79 Å². The van der Waals surface area contributed by atoms with Crippen molar-refractivity contribution < 1.29 is 88.6 Å². The Balaban J connectivity index is 0. The third-order valence-corrected chi connectivity index (χ3v) is 3.91. The van der Waals surface area contributed by atoms with Crippen molar-refractivity contribution in [3.05, 3.63) is 7.43 Å². The minimum Gasteiger partial charge on any atom is -0.469 e. The average Bonchev–Trinajstić information content (AvgIpc) is 2.72. The van der Waals surface area contributed by atoms with E-state index in [2.05, 4.69) is 0 Å². The molecule has 0 atom stereocenters. The third-order valence-electron chi connectivity index (χ3n) is 3.91. The van der Waals surface area contributed by atoms with Crippen LogP contribution in [0.25, 0.3) is 0 Å². The normalized spacial score (nSPS) is 24.6. The Hall–Kier alpha value is 1.44. The summed E-state index contributed by atoms with van der Waals surface area (Å²) in [6, 6.07) is 0. The maximum atomic E-state index is 11.2. The molecule has 2 N–H and O–H groups in total. The summed E-state index contributed by atoms with van der Waals surface area (Å²) in [6.45, 7) is 2.60. The molecule has 2 fully saturated rings. The molecular weight excluding hydrogens is 389 g/mol. The van der Waals surface area contributed by atoms with E-state index in [-0.39, 0.29) is 88.2 Å². The Labute approximate surface area is 188 Å². The summed E-state index contributed by atoms with van der Waals surface area (Å²) in [5.41, 5.74) is 0. The van der Waals surface area contributed by atoms with Crippen LogP contribution in [0.1, 0.15) is 58.8 Å². The number of carbonyl (C=O) groups is 1. The zero-order chi connectivity index (χ0) is 14.5. The van der Waals surface area contributed by atoms with E-state index < -0.39 is 5.79 Å². The van der Waals surface area contributed by atoms with Gasteiger partial charge in [0.25, 0.3) is 0 Å². The van der Waals surface area contributed by atoms with Gasteiger partial charge in [-0.15, -0.1) is 0 Å². The van der Waals surface area contributed by atoms with Gasteiger partial charge in [0.05, 0.1) is 13.0 Å². The molecule has 0 unspecified atom stereocenters. The number of aliphatic hydroxyl groups is 2. The molecule has 0 spiro atoms. The van der Waals surface area contributed by atoms with Crippen molar-refractivity contribution >= 4 is 5.97 Å². The molecule has 4 nitrogen and oxygen atoms in total. The van der Waals surface area contributed by atoms with E-state index in [1.54, 1.807) is 0 Å². The average molecular weight is 420 g/mol. The summed E-state index contributed by atoms with van der Waals surface area (Å²) in [5.74, 6) is 0.528. The van der Waals surface area contributed by atoms with E-state index in [4.69, 9.17) is 14.9 Å². The molecule has 0 saturated heterocycles. The van der Waals surface area contributed by atoms with Crippen LogP contribution in [0.5, 0.6) is 0 Å². The van der Waals surface area contributed by atoms with Gasteiger partial charge in [-0.1, -0.05) is 25.7 Å². The number of hydrogen-bond acceptors (Lipinski definition) is 4. The summed E-state index contributed by atoms with van der Waals surface area (Å²) in [5, 5.41) is 16.2. The molecule has 0 bridgehead atoms. The van der Waals surface area contributed by atoms with E-state index >= 15 is 0 Å². The van der Waals surface area contributed by atoms with Crippen LogP contribution in [0.15, 0.2) is 0 Å². The Morgan fingerprint density at radius 3 is 1.95 bits per heavy atom.